The molecule has 0 spiro atoms. The van der Waals surface area contributed by atoms with Gasteiger partial charge in [-0.1, -0.05) is 31.2 Å². The number of aryl methyl sites for hydroxylation is 1. The van der Waals surface area contributed by atoms with E-state index in [-0.39, 0.29) is 5.78 Å². The van der Waals surface area contributed by atoms with E-state index in [2.05, 4.69) is 16.8 Å². The zero-order chi connectivity index (χ0) is 12.1. The molecule has 17 heavy (non-hydrogen) atoms. The maximum atomic E-state index is 11.8. The third-order valence-electron chi connectivity index (χ3n) is 3.12. The van der Waals surface area contributed by atoms with Crippen molar-refractivity contribution in [1.82, 2.24) is 4.98 Å². The van der Waals surface area contributed by atoms with Crippen LogP contribution in [0.2, 0.25) is 0 Å². The molecule has 0 unspecified atom stereocenters. The number of pyridine rings is 1. The molecule has 1 heterocycles. The molecule has 0 aromatic carbocycles. The van der Waals surface area contributed by atoms with Crippen molar-refractivity contribution in [3.63, 3.8) is 0 Å². The molecule has 0 atom stereocenters. The molecule has 0 bridgehead atoms. The van der Waals surface area contributed by atoms with Gasteiger partial charge in [-0.2, -0.15) is 0 Å². The number of rotatable bonds is 1. The Hall–Kier alpha value is -1.62. The quantitative estimate of drug-likeness (QED) is 0.419. The minimum atomic E-state index is -0.153. The highest BCUT2D eigenvalue weighted by Gasteiger charge is 2.11. The lowest BCUT2D eigenvalue weighted by atomic mass is 9.90. The van der Waals surface area contributed by atoms with Crippen LogP contribution in [0, 0.1) is 24.7 Å². The van der Waals surface area contributed by atoms with Crippen molar-refractivity contribution in [1.29, 1.82) is 0 Å². The van der Waals surface area contributed by atoms with Crippen LogP contribution >= 0.6 is 0 Å². The van der Waals surface area contributed by atoms with Gasteiger partial charge in [-0.3, -0.25) is 4.79 Å². The van der Waals surface area contributed by atoms with Crippen molar-refractivity contribution >= 4 is 5.78 Å². The van der Waals surface area contributed by atoms with Crippen molar-refractivity contribution in [2.45, 2.75) is 39.0 Å². The SMILES string of the molecule is Cc1cccc(C(=O)C#CC2CCCCC2)n1. The minimum Gasteiger partial charge on any atom is -0.277 e. The number of carbonyl (C=O) groups excluding carboxylic acids is 1. The van der Waals surface area contributed by atoms with E-state index in [1.54, 1.807) is 6.07 Å². The number of carbonyl (C=O) groups is 1. The van der Waals surface area contributed by atoms with Crippen LogP contribution in [0.5, 0.6) is 0 Å². The van der Waals surface area contributed by atoms with Crippen molar-refractivity contribution in [3.05, 3.63) is 29.6 Å². The fourth-order valence-electron chi connectivity index (χ4n) is 2.15. The Balaban J connectivity index is 2.03. The van der Waals surface area contributed by atoms with E-state index in [4.69, 9.17) is 0 Å². The summed E-state index contributed by atoms with van der Waals surface area (Å²) in [6.07, 6.45) is 6.08. The second-order valence-corrected chi connectivity index (χ2v) is 4.60. The topological polar surface area (TPSA) is 30.0 Å². The number of hydrogen-bond acceptors (Lipinski definition) is 2. The third-order valence-corrected chi connectivity index (χ3v) is 3.12. The highest BCUT2D eigenvalue weighted by atomic mass is 16.1. The fraction of sp³-hybridized carbons (Fsp3) is 0.467. The maximum Gasteiger partial charge on any atom is 0.254 e. The summed E-state index contributed by atoms with van der Waals surface area (Å²) in [5.41, 5.74) is 1.32. The van der Waals surface area contributed by atoms with Gasteiger partial charge in [0, 0.05) is 11.6 Å². The Morgan fingerprint density at radius 1 is 1.29 bits per heavy atom. The standard InChI is InChI=1S/C15H17NO/c1-12-6-5-9-14(16-12)15(17)11-10-13-7-3-2-4-8-13/h5-6,9,13H,2-4,7-8H2,1H3. The van der Waals surface area contributed by atoms with Crippen molar-refractivity contribution in [2.24, 2.45) is 5.92 Å². The van der Waals surface area contributed by atoms with Gasteiger partial charge in [-0.05, 0) is 37.8 Å². The summed E-state index contributed by atoms with van der Waals surface area (Å²) in [5, 5.41) is 0. The number of nitrogens with zero attached hydrogens (tertiary/aromatic N) is 1. The number of ketones is 1. The number of hydrogen-bond donors (Lipinski definition) is 0. The third kappa shape index (κ3) is 3.42. The first-order valence-electron chi connectivity index (χ1n) is 6.25. The van der Waals surface area contributed by atoms with Gasteiger partial charge < -0.3 is 0 Å². The van der Waals surface area contributed by atoms with Crippen molar-refractivity contribution < 1.29 is 4.79 Å². The molecule has 1 aromatic rings. The number of Topliss-reactive ketones (excluding diaryl/α,β-unsaturated/α-hetero) is 1. The molecule has 2 nitrogen and oxygen atoms in total. The molecule has 0 radical (unpaired) electrons. The lowest BCUT2D eigenvalue weighted by Crippen LogP contribution is -2.05. The van der Waals surface area contributed by atoms with E-state index in [0.717, 1.165) is 18.5 Å². The highest BCUT2D eigenvalue weighted by molar-refractivity contribution is 6.07. The zero-order valence-corrected chi connectivity index (χ0v) is 10.2. The summed E-state index contributed by atoms with van der Waals surface area (Å²) in [5.74, 6) is 6.11. The predicted molar refractivity (Wildman–Crippen MR) is 67.7 cm³/mol. The van der Waals surface area contributed by atoms with Crippen LogP contribution in [0.4, 0.5) is 0 Å². The van der Waals surface area contributed by atoms with Gasteiger partial charge in [0.05, 0.1) is 0 Å². The van der Waals surface area contributed by atoms with Crippen LogP contribution in [0.15, 0.2) is 18.2 Å². The Morgan fingerprint density at radius 2 is 2.06 bits per heavy atom. The first kappa shape index (κ1) is 11.9. The molecule has 2 rings (SSSR count). The summed E-state index contributed by atoms with van der Waals surface area (Å²) in [6, 6.07) is 5.45. The van der Waals surface area contributed by atoms with E-state index in [1.165, 1.54) is 19.3 Å². The molecular weight excluding hydrogens is 210 g/mol. The van der Waals surface area contributed by atoms with Crippen molar-refractivity contribution in [2.75, 3.05) is 0 Å². The Morgan fingerprint density at radius 3 is 2.76 bits per heavy atom. The fourth-order valence-corrected chi connectivity index (χ4v) is 2.15. The molecule has 1 saturated carbocycles. The summed E-state index contributed by atoms with van der Waals surface area (Å²) in [7, 11) is 0. The average Bonchev–Trinajstić information content (AvgIpc) is 2.37. The molecule has 88 valence electrons. The highest BCUT2D eigenvalue weighted by Crippen LogP contribution is 2.22. The predicted octanol–water partition coefficient (Wildman–Crippen LogP) is 3.16. The summed E-state index contributed by atoms with van der Waals surface area (Å²) < 4.78 is 0. The van der Waals surface area contributed by atoms with Gasteiger partial charge in [0.2, 0.25) is 0 Å². The lowest BCUT2D eigenvalue weighted by Gasteiger charge is -2.15. The second kappa shape index (κ2) is 5.63. The van der Waals surface area contributed by atoms with Crippen LogP contribution < -0.4 is 0 Å². The molecule has 1 aromatic heterocycles. The van der Waals surface area contributed by atoms with Crippen LogP contribution in [0.3, 0.4) is 0 Å². The normalized spacial score (nSPS) is 16.1. The van der Waals surface area contributed by atoms with E-state index < -0.39 is 0 Å². The molecular formula is C15H17NO. The molecule has 1 fully saturated rings. The minimum absolute atomic E-state index is 0.153. The summed E-state index contributed by atoms with van der Waals surface area (Å²) >= 11 is 0. The lowest BCUT2D eigenvalue weighted by molar-refractivity contribution is 0.105. The number of aromatic nitrogens is 1. The molecule has 2 heteroatoms. The Bertz CT molecular complexity index is 461. The van der Waals surface area contributed by atoms with Crippen molar-refractivity contribution in [3.8, 4) is 11.8 Å². The van der Waals surface area contributed by atoms with Crippen LogP contribution in [0.1, 0.15) is 48.3 Å². The molecule has 0 saturated heterocycles. The molecule has 0 amide bonds. The van der Waals surface area contributed by atoms with E-state index in [9.17, 15) is 4.79 Å². The van der Waals surface area contributed by atoms with Crippen LogP contribution in [-0.2, 0) is 0 Å². The molecule has 0 N–H and O–H groups in total. The average molecular weight is 227 g/mol. The first-order valence-corrected chi connectivity index (χ1v) is 6.25. The largest absolute Gasteiger partial charge is 0.277 e. The van der Waals surface area contributed by atoms with Gasteiger partial charge >= 0.3 is 0 Å². The monoisotopic (exact) mass is 227 g/mol. The second-order valence-electron chi connectivity index (χ2n) is 4.60. The van der Waals surface area contributed by atoms with Gasteiger partial charge in [0.15, 0.2) is 0 Å². The van der Waals surface area contributed by atoms with Gasteiger partial charge in [-0.15, -0.1) is 0 Å². The zero-order valence-electron chi connectivity index (χ0n) is 10.2. The Labute approximate surface area is 102 Å². The van der Waals surface area contributed by atoms with Crippen LogP contribution in [-0.4, -0.2) is 10.8 Å². The van der Waals surface area contributed by atoms with Gasteiger partial charge in [0.25, 0.3) is 5.78 Å². The Kier molecular flexibility index (Phi) is 3.93. The van der Waals surface area contributed by atoms with Gasteiger partial charge in [-0.25, -0.2) is 4.98 Å². The summed E-state index contributed by atoms with van der Waals surface area (Å²) in [4.78, 5) is 16.0. The summed E-state index contributed by atoms with van der Waals surface area (Å²) in [6.45, 7) is 1.88. The smallest absolute Gasteiger partial charge is 0.254 e. The van der Waals surface area contributed by atoms with Gasteiger partial charge in [0.1, 0.15) is 5.69 Å². The molecule has 1 aliphatic carbocycles. The molecule has 1 aliphatic rings. The van der Waals surface area contributed by atoms with E-state index >= 15 is 0 Å². The van der Waals surface area contributed by atoms with Crippen LogP contribution in [0.25, 0.3) is 0 Å². The van der Waals surface area contributed by atoms with E-state index in [1.807, 2.05) is 19.1 Å². The van der Waals surface area contributed by atoms with E-state index in [0.29, 0.717) is 11.6 Å². The maximum absolute atomic E-state index is 11.8. The molecule has 0 aliphatic heterocycles. The first-order chi connectivity index (χ1) is 8.25.